The third-order valence-electron chi connectivity index (χ3n) is 3.39. The predicted octanol–water partition coefficient (Wildman–Crippen LogP) is 2.33. The maximum atomic E-state index is 11.8. The Morgan fingerprint density at radius 2 is 1.64 bits per heavy atom. The minimum Gasteiger partial charge on any atom is -0.484 e. The molecule has 0 heterocycles. The minimum atomic E-state index is -0.438. The first-order valence-corrected chi connectivity index (χ1v) is 8.58. The summed E-state index contributed by atoms with van der Waals surface area (Å²) in [7, 11) is 0. The van der Waals surface area contributed by atoms with Gasteiger partial charge in [0.25, 0.3) is 11.8 Å². The summed E-state index contributed by atoms with van der Waals surface area (Å²) in [4.78, 5) is 23.4. The Morgan fingerprint density at radius 3 is 2.32 bits per heavy atom. The van der Waals surface area contributed by atoms with Crippen LogP contribution >= 0.6 is 15.9 Å². The van der Waals surface area contributed by atoms with E-state index in [2.05, 4.69) is 32.1 Å². The number of hydrogen-bond acceptors (Lipinski definition) is 4. The summed E-state index contributed by atoms with van der Waals surface area (Å²) in [5.74, 6) is -0.199. The molecule has 0 aliphatic heterocycles. The fourth-order valence-corrected chi connectivity index (χ4v) is 2.27. The van der Waals surface area contributed by atoms with E-state index in [4.69, 9.17) is 4.74 Å². The molecule has 0 saturated heterocycles. The van der Waals surface area contributed by atoms with Crippen LogP contribution in [0.15, 0.2) is 59.1 Å². The Labute approximate surface area is 155 Å². The molecular formula is C18H20BrN3O3. The molecule has 0 unspecified atom stereocenters. The van der Waals surface area contributed by atoms with Gasteiger partial charge in [0, 0.05) is 10.5 Å². The Morgan fingerprint density at radius 1 is 1.00 bits per heavy atom. The van der Waals surface area contributed by atoms with Gasteiger partial charge in [0.2, 0.25) is 0 Å². The first kappa shape index (κ1) is 19.0. The summed E-state index contributed by atoms with van der Waals surface area (Å²) in [6.07, 6.45) is 0. The second kappa shape index (κ2) is 9.80. The van der Waals surface area contributed by atoms with Crippen LogP contribution in [0.1, 0.15) is 18.5 Å². The molecule has 3 N–H and O–H groups in total. The first-order valence-electron chi connectivity index (χ1n) is 7.79. The molecule has 6 nitrogen and oxygen atoms in total. The third-order valence-corrected chi connectivity index (χ3v) is 3.92. The van der Waals surface area contributed by atoms with Gasteiger partial charge in [-0.25, -0.2) is 0 Å². The molecule has 132 valence electrons. The molecule has 2 amide bonds. The van der Waals surface area contributed by atoms with Gasteiger partial charge in [0.1, 0.15) is 5.75 Å². The zero-order chi connectivity index (χ0) is 18.1. The summed E-state index contributed by atoms with van der Waals surface area (Å²) in [6.45, 7) is 1.87. The quantitative estimate of drug-likeness (QED) is 0.617. The van der Waals surface area contributed by atoms with E-state index < -0.39 is 5.91 Å². The number of halogens is 1. The van der Waals surface area contributed by atoms with Crippen molar-refractivity contribution < 1.29 is 14.3 Å². The maximum Gasteiger partial charge on any atom is 0.276 e. The molecule has 2 aromatic rings. The average molecular weight is 406 g/mol. The van der Waals surface area contributed by atoms with E-state index in [1.165, 1.54) is 0 Å². The molecule has 0 aromatic heterocycles. The molecule has 1 atom stereocenters. The van der Waals surface area contributed by atoms with E-state index in [1.54, 1.807) is 12.1 Å². The van der Waals surface area contributed by atoms with Crippen LogP contribution < -0.4 is 20.9 Å². The van der Waals surface area contributed by atoms with Crippen LogP contribution in [0.3, 0.4) is 0 Å². The Hall–Kier alpha value is -2.38. The van der Waals surface area contributed by atoms with Crippen LogP contribution in [0.5, 0.6) is 5.75 Å². The molecule has 2 rings (SSSR count). The van der Waals surface area contributed by atoms with E-state index in [9.17, 15) is 9.59 Å². The first-order chi connectivity index (χ1) is 12.0. The number of hydrogen-bond donors (Lipinski definition) is 3. The average Bonchev–Trinajstić information content (AvgIpc) is 2.64. The smallest absolute Gasteiger partial charge is 0.276 e. The van der Waals surface area contributed by atoms with Crippen molar-refractivity contribution in [1.29, 1.82) is 0 Å². The van der Waals surface area contributed by atoms with Gasteiger partial charge in [-0.15, -0.1) is 0 Å². The topological polar surface area (TPSA) is 79.5 Å². The number of benzene rings is 2. The molecule has 0 bridgehead atoms. The molecule has 0 aliphatic rings. The maximum absolute atomic E-state index is 11.8. The van der Waals surface area contributed by atoms with Crippen LogP contribution in [-0.4, -0.2) is 25.0 Å². The second-order valence-corrected chi connectivity index (χ2v) is 6.27. The monoisotopic (exact) mass is 405 g/mol. The number of hydrazine groups is 1. The Bertz CT molecular complexity index is 692. The van der Waals surface area contributed by atoms with Crippen molar-refractivity contribution in [3.63, 3.8) is 0 Å². The lowest BCUT2D eigenvalue weighted by Gasteiger charge is -2.14. The van der Waals surface area contributed by atoms with Crippen LogP contribution in [-0.2, 0) is 9.59 Å². The highest BCUT2D eigenvalue weighted by molar-refractivity contribution is 9.10. The largest absolute Gasteiger partial charge is 0.484 e. The number of rotatable bonds is 7. The van der Waals surface area contributed by atoms with Crippen molar-refractivity contribution >= 4 is 27.7 Å². The summed E-state index contributed by atoms with van der Waals surface area (Å²) in [5.41, 5.74) is 5.75. The van der Waals surface area contributed by atoms with Gasteiger partial charge >= 0.3 is 0 Å². The van der Waals surface area contributed by atoms with Crippen LogP contribution in [0.4, 0.5) is 0 Å². The number of amides is 2. The standard InChI is InChI=1S/C18H20BrN3O3/c1-13(14-5-3-2-4-6-14)20-11-17(23)21-22-18(24)12-25-16-9-7-15(19)8-10-16/h2-10,13,20H,11-12H2,1H3,(H,21,23)(H,22,24)/t13-/m0/s1. The second-order valence-electron chi connectivity index (χ2n) is 5.35. The third kappa shape index (κ3) is 6.94. The van der Waals surface area contributed by atoms with Gasteiger partial charge in [0.15, 0.2) is 6.61 Å². The zero-order valence-corrected chi connectivity index (χ0v) is 15.4. The van der Waals surface area contributed by atoms with Gasteiger partial charge in [-0.3, -0.25) is 20.4 Å². The van der Waals surface area contributed by atoms with E-state index in [-0.39, 0.29) is 25.1 Å². The molecule has 0 saturated carbocycles. The molecule has 2 aromatic carbocycles. The van der Waals surface area contributed by atoms with Crippen molar-refractivity contribution in [3.05, 3.63) is 64.6 Å². The van der Waals surface area contributed by atoms with Crippen LogP contribution in [0, 0.1) is 0 Å². The Balaban J connectivity index is 1.64. The lowest BCUT2D eigenvalue weighted by molar-refractivity contribution is -0.129. The SMILES string of the molecule is C[C@H](NCC(=O)NNC(=O)COc1ccc(Br)cc1)c1ccccc1. The van der Waals surface area contributed by atoms with Gasteiger partial charge in [-0.2, -0.15) is 0 Å². The highest BCUT2D eigenvalue weighted by Crippen LogP contribution is 2.15. The lowest BCUT2D eigenvalue weighted by Crippen LogP contribution is -2.47. The van der Waals surface area contributed by atoms with Crippen molar-refractivity contribution in [2.24, 2.45) is 0 Å². The predicted molar refractivity (Wildman–Crippen MR) is 98.8 cm³/mol. The normalized spacial score (nSPS) is 11.4. The van der Waals surface area contributed by atoms with E-state index in [0.717, 1.165) is 10.0 Å². The van der Waals surface area contributed by atoms with Crippen LogP contribution in [0.2, 0.25) is 0 Å². The number of nitrogens with one attached hydrogen (secondary N) is 3. The van der Waals surface area contributed by atoms with Gasteiger partial charge in [-0.05, 0) is 36.8 Å². The molecule has 0 radical (unpaired) electrons. The highest BCUT2D eigenvalue weighted by Gasteiger charge is 2.08. The fourth-order valence-electron chi connectivity index (χ4n) is 2.00. The summed E-state index contributed by atoms with van der Waals surface area (Å²) < 4.78 is 6.24. The summed E-state index contributed by atoms with van der Waals surface area (Å²) in [5, 5.41) is 3.09. The molecule has 0 spiro atoms. The van der Waals surface area contributed by atoms with Crippen molar-refractivity contribution in [2.45, 2.75) is 13.0 Å². The van der Waals surface area contributed by atoms with Crippen molar-refractivity contribution in [3.8, 4) is 5.75 Å². The molecule has 0 fully saturated rings. The summed E-state index contributed by atoms with van der Waals surface area (Å²) in [6, 6.07) is 16.9. The molecule has 0 aliphatic carbocycles. The zero-order valence-electron chi connectivity index (χ0n) is 13.8. The molecule has 25 heavy (non-hydrogen) atoms. The molecule has 7 heteroatoms. The van der Waals surface area contributed by atoms with E-state index >= 15 is 0 Å². The van der Waals surface area contributed by atoms with Gasteiger partial charge in [-0.1, -0.05) is 46.3 Å². The summed E-state index contributed by atoms with van der Waals surface area (Å²) >= 11 is 3.32. The van der Waals surface area contributed by atoms with Gasteiger partial charge in [0.05, 0.1) is 6.54 Å². The Kier molecular flexibility index (Phi) is 7.43. The number of ether oxygens (including phenoxy) is 1. The molecular weight excluding hydrogens is 386 g/mol. The highest BCUT2D eigenvalue weighted by atomic mass is 79.9. The number of carbonyl (C=O) groups is 2. The van der Waals surface area contributed by atoms with Gasteiger partial charge < -0.3 is 10.1 Å². The number of carbonyl (C=O) groups excluding carboxylic acids is 2. The minimum absolute atomic E-state index is 0.0309. The van der Waals surface area contributed by atoms with E-state index in [1.807, 2.05) is 49.4 Å². The lowest BCUT2D eigenvalue weighted by atomic mass is 10.1. The van der Waals surface area contributed by atoms with E-state index in [0.29, 0.717) is 5.75 Å². The van der Waals surface area contributed by atoms with Crippen molar-refractivity contribution in [2.75, 3.05) is 13.2 Å². The van der Waals surface area contributed by atoms with Crippen LogP contribution in [0.25, 0.3) is 0 Å². The van der Waals surface area contributed by atoms with Crippen molar-refractivity contribution in [1.82, 2.24) is 16.2 Å². The fraction of sp³-hybridized carbons (Fsp3) is 0.222.